The van der Waals surface area contributed by atoms with Gasteiger partial charge in [-0.2, -0.15) is 0 Å². The molecule has 0 aliphatic rings. The summed E-state index contributed by atoms with van der Waals surface area (Å²) in [6.45, 7) is 1.91. The number of carbonyl (C=O) groups excluding carboxylic acids is 1. The third kappa shape index (κ3) is 3.56. The first-order valence-electron chi connectivity index (χ1n) is 6.55. The molecule has 0 saturated heterocycles. The number of halogens is 1. The molecule has 0 aliphatic carbocycles. The summed E-state index contributed by atoms with van der Waals surface area (Å²) in [6, 6.07) is 10.8. The fraction of sp³-hybridized carbons (Fsp3) is 0.235. The normalized spacial score (nSPS) is 10.3. The van der Waals surface area contributed by atoms with E-state index in [9.17, 15) is 4.79 Å². The third-order valence-electron chi connectivity index (χ3n) is 3.30. The van der Waals surface area contributed by atoms with Crippen molar-refractivity contribution in [3.8, 4) is 11.5 Å². The van der Waals surface area contributed by atoms with Gasteiger partial charge in [0.1, 0.15) is 11.5 Å². The minimum absolute atomic E-state index is 0.0209. The van der Waals surface area contributed by atoms with Crippen LogP contribution in [0.1, 0.15) is 21.5 Å². The van der Waals surface area contributed by atoms with Crippen molar-refractivity contribution in [2.45, 2.75) is 13.3 Å². The van der Waals surface area contributed by atoms with Crippen LogP contribution in [0.4, 0.5) is 0 Å². The van der Waals surface area contributed by atoms with E-state index < -0.39 is 0 Å². The molecule has 0 N–H and O–H groups in total. The van der Waals surface area contributed by atoms with Gasteiger partial charge in [-0.1, -0.05) is 23.7 Å². The van der Waals surface area contributed by atoms with Crippen molar-refractivity contribution >= 4 is 17.4 Å². The summed E-state index contributed by atoms with van der Waals surface area (Å²) in [7, 11) is 3.14. The quantitative estimate of drug-likeness (QED) is 0.780. The van der Waals surface area contributed by atoms with Crippen LogP contribution in [0.25, 0.3) is 0 Å². The number of hydrogen-bond donors (Lipinski definition) is 0. The monoisotopic (exact) mass is 304 g/mol. The van der Waals surface area contributed by atoms with Crippen molar-refractivity contribution in [2.75, 3.05) is 14.2 Å². The number of benzene rings is 2. The Morgan fingerprint density at radius 3 is 2.24 bits per heavy atom. The van der Waals surface area contributed by atoms with Crippen molar-refractivity contribution < 1.29 is 14.3 Å². The summed E-state index contributed by atoms with van der Waals surface area (Å²) in [5.41, 5.74) is 2.36. The molecule has 0 aromatic heterocycles. The summed E-state index contributed by atoms with van der Waals surface area (Å²) in [6.07, 6.45) is 0.291. The van der Waals surface area contributed by atoms with Gasteiger partial charge in [0.15, 0.2) is 5.78 Å². The van der Waals surface area contributed by atoms with Crippen molar-refractivity contribution in [3.63, 3.8) is 0 Å². The van der Waals surface area contributed by atoms with E-state index in [1.54, 1.807) is 32.4 Å². The lowest BCUT2D eigenvalue weighted by Gasteiger charge is -2.12. The molecule has 0 bridgehead atoms. The van der Waals surface area contributed by atoms with Crippen LogP contribution >= 0.6 is 11.6 Å². The molecular formula is C17H17ClO3. The van der Waals surface area contributed by atoms with E-state index in [0.717, 1.165) is 11.1 Å². The number of hydrogen-bond acceptors (Lipinski definition) is 3. The second-order valence-electron chi connectivity index (χ2n) is 4.75. The summed E-state index contributed by atoms with van der Waals surface area (Å²) in [5.74, 6) is 1.22. The maximum absolute atomic E-state index is 12.5. The molecule has 4 heteroatoms. The lowest BCUT2D eigenvalue weighted by Crippen LogP contribution is -2.07. The highest BCUT2D eigenvalue weighted by Crippen LogP contribution is 2.29. The zero-order chi connectivity index (χ0) is 15.4. The van der Waals surface area contributed by atoms with Gasteiger partial charge < -0.3 is 9.47 Å². The summed E-state index contributed by atoms with van der Waals surface area (Å²) in [4.78, 5) is 12.5. The van der Waals surface area contributed by atoms with Gasteiger partial charge in [0, 0.05) is 11.4 Å². The van der Waals surface area contributed by atoms with Gasteiger partial charge in [0.05, 0.1) is 19.8 Å². The van der Waals surface area contributed by atoms with Gasteiger partial charge in [-0.05, 0) is 42.3 Å². The Morgan fingerprint density at radius 1 is 1.05 bits per heavy atom. The van der Waals surface area contributed by atoms with Crippen LogP contribution in [-0.2, 0) is 6.42 Å². The highest BCUT2D eigenvalue weighted by molar-refractivity contribution is 6.30. The number of Topliss-reactive ketones (excluding diaryl/α,β-unsaturated/α-hetero) is 1. The molecule has 0 heterocycles. The number of carbonyl (C=O) groups is 1. The Morgan fingerprint density at radius 2 is 1.67 bits per heavy atom. The molecule has 0 aliphatic heterocycles. The molecule has 110 valence electrons. The molecule has 21 heavy (non-hydrogen) atoms. The second kappa shape index (κ2) is 6.64. The molecule has 0 spiro atoms. The highest BCUT2D eigenvalue weighted by Gasteiger charge is 2.16. The zero-order valence-electron chi connectivity index (χ0n) is 12.3. The smallest absolute Gasteiger partial charge is 0.171 e. The van der Waals surface area contributed by atoms with E-state index >= 15 is 0 Å². The Balaban J connectivity index is 2.31. The molecule has 2 rings (SSSR count). The van der Waals surface area contributed by atoms with Gasteiger partial charge in [0.2, 0.25) is 0 Å². The molecule has 0 atom stereocenters. The first-order chi connectivity index (χ1) is 10.0. The van der Waals surface area contributed by atoms with Crippen LogP contribution in [0.2, 0.25) is 5.02 Å². The Bertz CT molecular complexity index is 648. The van der Waals surface area contributed by atoms with Crippen LogP contribution < -0.4 is 9.47 Å². The van der Waals surface area contributed by atoms with E-state index in [2.05, 4.69) is 0 Å². The van der Waals surface area contributed by atoms with Crippen molar-refractivity contribution in [1.82, 2.24) is 0 Å². The average molecular weight is 305 g/mol. The largest absolute Gasteiger partial charge is 0.496 e. The zero-order valence-corrected chi connectivity index (χ0v) is 13.0. The van der Waals surface area contributed by atoms with Crippen LogP contribution in [0.15, 0.2) is 36.4 Å². The summed E-state index contributed by atoms with van der Waals surface area (Å²) >= 11 is 5.85. The Kier molecular flexibility index (Phi) is 4.86. The number of ketones is 1. The highest BCUT2D eigenvalue weighted by atomic mass is 35.5. The first kappa shape index (κ1) is 15.4. The molecule has 0 unspecified atom stereocenters. The summed E-state index contributed by atoms with van der Waals surface area (Å²) < 4.78 is 10.6. The fourth-order valence-corrected chi connectivity index (χ4v) is 2.28. The number of methoxy groups -OCH3 is 2. The second-order valence-corrected chi connectivity index (χ2v) is 5.18. The minimum Gasteiger partial charge on any atom is -0.496 e. The molecule has 3 nitrogen and oxygen atoms in total. The van der Waals surface area contributed by atoms with Crippen LogP contribution in [-0.4, -0.2) is 20.0 Å². The Labute approximate surface area is 129 Å². The fourth-order valence-electron chi connectivity index (χ4n) is 2.15. The molecule has 0 fully saturated rings. The maximum atomic E-state index is 12.5. The van der Waals surface area contributed by atoms with Crippen molar-refractivity contribution in [3.05, 3.63) is 58.1 Å². The number of rotatable bonds is 5. The van der Waals surface area contributed by atoms with Crippen LogP contribution in [0, 0.1) is 6.92 Å². The standard InChI is InChI=1S/C17H17ClO3/c1-11-8-17(21-3)14(10-16(11)20-2)15(19)9-12-4-6-13(18)7-5-12/h4-8,10H,9H2,1-3H3. The third-order valence-corrected chi connectivity index (χ3v) is 3.55. The lowest BCUT2D eigenvalue weighted by atomic mass is 10.0. The van der Waals surface area contributed by atoms with E-state index in [1.165, 1.54) is 0 Å². The molecule has 2 aromatic rings. The van der Waals surface area contributed by atoms with E-state index in [0.29, 0.717) is 28.5 Å². The van der Waals surface area contributed by atoms with Crippen molar-refractivity contribution in [2.24, 2.45) is 0 Å². The van der Waals surface area contributed by atoms with Gasteiger partial charge in [-0.25, -0.2) is 0 Å². The maximum Gasteiger partial charge on any atom is 0.171 e. The van der Waals surface area contributed by atoms with Crippen molar-refractivity contribution in [1.29, 1.82) is 0 Å². The SMILES string of the molecule is COc1cc(C(=O)Cc2ccc(Cl)cc2)c(OC)cc1C. The topological polar surface area (TPSA) is 35.5 Å². The van der Waals surface area contributed by atoms with E-state index in [-0.39, 0.29) is 5.78 Å². The van der Waals surface area contributed by atoms with E-state index in [1.807, 2.05) is 25.1 Å². The molecule has 0 radical (unpaired) electrons. The van der Waals surface area contributed by atoms with Crippen LogP contribution in [0.5, 0.6) is 11.5 Å². The lowest BCUT2D eigenvalue weighted by molar-refractivity contribution is 0.0989. The van der Waals surface area contributed by atoms with Gasteiger partial charge >= 0.3 is 0 Å². The predicted octanol–water partition coefficient (Wildman–Crippen LogP) is 4.09. The average Bonchev–Trinajstić information content (AvgIpc) is 2.49. The number of aryl methyl sites for hydroxylation is 1. The van der Waals surface area contributed by atoms with Gasteiger partial charge in [0.25, 0.3) is 0 Å². The van der Waals surface area contributed by atoms with Crippen LogP contribution in [0.3, 0.4) is 0 Å². The minimum atomic E-state index is -0.0209. The van der Waals surface area contributed by atoms with Gasteiger partial charge in [-0.3, -0.25) is 4.79 Å². The van der Waals surface area contributed by atoms with Gasteiger partial charge in [-0.15, -0.1) is 0 Å². The molecule has 0 saturated carbocycles. The summed E-state index contributed by atoms with van der Waals surface area (Å²) in [5, 5.41) is 0.654. The Hall–Kier alpha value is -2.00. The van der Waals surface area contributed by atoms with E-state index in [4.69, 9.17) is 21.1 Å². The predicted molar refractivity (Wildman–Crippen MR) is 83.8 cm³/mol. The molecule has 2 aromatic carbocycles. The molecule has 0 amide bonds. The number of ether oxygens (including phenoxy) is 2. The molecular weight excluding hydrogens is 288 g/mol. The first-order valence-corrected chi connectivity index (χ1v) is 6.93.